The molecule has 33 heavy (non-hydrogen) atoms. The van der Waals surface area contributed by atoms with Crippen LogP contribution in [0.15, 0.2) is 59.5 Å². The molecule has 4 aromatic rings. The molecule has 0 aliphatic rings. The van der Waals surface area contributed by atoms with Crippen LogP contribution in [0.4, 0.5) is 0 Å². The lowest BCUT2D eigenvalue weighted by atomic mass is 10.2. The molecule has 172 valence electrons. The van der Waals surface area contributed by atoms with Gasteiger partial charge in [0.15, 0.2) is 11.5 Å². The zero-order chi connectivity index (χ0) is 23.4. The third-order valence-electron chi connectivity index (χ3n) is 4.84. The topological polar surface area (TPSA) is 117 Å². The zero-order valence-corrected chi connectivity index (χ0v) is 19.2. The molecule has 0 atom stereocenters. The third kappa shape index (κ3) is 4.89. The van der Waals surface area contributed by atoms with E-state index in [-0.39, 0.29) is 23.8 Å². The van der Waals surface area contributed by atoms with Crippen LogP contribution in [0.5, 0.6) is 17.4 Å². The maximum atomic E-state index is 12.7. The van der Waals surface area contributed by atoms with Crippen LogP contribution >= 0.6 is 0 Å². The quantitative estimate of drug-likeness (QED) is 0.372. The standard InChI is InChI=1S/C22H23N5O5S/c1-15-4-9-18(31-3)19(14-15)33(28,29)23-12-13-32-21-11-10-20-24-25-22(27(20)26-21)16-5-7-17(30-2)8-6-16/h4-11,14,23H,12-13H2,1-3H3. The Morgan fingerprint density at radius 3 is 2.48 bits per heavy atom. The highest BCUT2D eigenvalue weighted by molar-refractivity contribution is 7.89. The molecule has 0 amide bonds. The van der Waals surface area contributed by atoms with Gasteiger partial charge in [0.05, 0.1) is 14.2 Å². The minimum Gasteiger partial charge on any atom is -0.497 e. The molecule has 1 N–H and O–H groups in total. The number of rotatable bonds is 9. The molecule has 0 fully saturated rings. The number of ether oxygens (including phenoxy) is 3. The average Bonchev–Trinajstić information content (AvgIpc) is 3.25. The van der Waals surface area contributed by atoms with E-state index in [0.29, 0.717) is 17.4 Å². The molecule has 4 rings (SSSR count). The molecular weight excluding hydrogens is 446 g/mol. The fraction of sp³-hybridized carbons (Fsp3) is 0.227. The second-order valence-corrected chi connectivity index (χ2v) is 8.83. The first-order chi connectivity index (χ1) is 15.9. The maximum Gasteiger partial charge on any atom is 0.244 e. The molecule has 0 aliphatic heterocycles. The average molecular weight is 470 g/mol. The van der Waals surface area contributed by atoms with Crippen LogP contribution in [-0.2, 0) is 10.0 Å². The first-order valence-corrected chi connectivity index (χ1v) is 11.5. The highest BCUT2D eigenvalue weighted by atomic mass is 32.2. The molecule has 2 aromatic carbocycles. The van der Waals surface area contributed by atoms with Gasteiger partial charge in [-0.15, -0.1) is 15.3 Å². The molecule has 10 nitrogen and oxygen atoms in total. The van der Waals surface area contributed by atoms with E-state index in [4.69, 9.17) is 14.2 Å². The minimum atomic E-state index is -3.77. The largest absolute Gasteiger partial charge is 0.497 e. The number of benzene rings is 2. The van der Waals surface area contributed by atoms with E-state index in [1.807, 2.05) is 31.2 Å². The summed E-state index contributed by atoms with van der Waals surface area (Å²) in [6, 6.07) is 15.7. The highest BCUT2D eigenvalue weighted by Gasteiger charge is 2.19. The van der Waals surface area contributed by atoms with E-state index < -0.39 is 10.0 Å². The second-order valence-electron chi connectivity index (χ2n) is 7.09. The van der Waals surface area contributed by atoms with E-state index >= 15 is 0 Å². The number of aryl methyl sites for hydroxylation is 1. The molecule has 0 unspecified atom stereocenters. The van der Waals surface area contributed by atoms with Gasteiger partial charge in [0.25, 0.3) is 0 Å². The van der Waals surface area contributed by atoms with Crippen LogP contribution in [0, 0.1) is 6.92 Å². The van der Waals surface area contributed by atoms with Gasteiger partial charge < -0.3 is 14.2 Å². The lowest BCUT2D eigenvalue weighted by Gasteiger charge is -2.12. The van der Waals surface area contributed by atoms with Gasteiger partial charge in [0.2, 0.25) is 15.9 Å². The van der Waals surface area contributed by atoms with E-state index in [0.717, 1.165) is 16.9 Å². The molecule has 0 saturated heterocycles. The molecule has 0 bridgehead atoms. The Bertz CT molecular complexity index is 1370. The van der Waals surface area contributed by atoms with Gasteiger partial charge in [-0.05, 0) is 55.0 Å². The second kappa shape index (κ2) is 9.43. The van der Waals surface area contributed by atoms with Crippen molar-refractivity contribution in [2.75, 3.05) is 27.4 Å². The van der Waals surface area contributed by atoms with Crippen molar-refractivity contribution in [2.24, 2.45) is 0 Å². The predicted octanol–water partition coefficient (Wildman–Crippen LogP) is 2.47. The van der Waals surface area contributed by atoms with Crippen molar-refractivity contribution in [3.05, 3.63) is 60.2 Å². The fourth-order valence-corrected chi connectivity index (χ4v) is 4.44. The molecule has 0 aliphatic carbocycles. The Morgan fingerprint density at radius 2 is 1.76 bits per heavy atom. The van der Waals surface area contributed by atoms with Crippen molar-refractivity contribution in [1.82, 2.24) is 24.5 Å². The van der Waals surface area contributed by atoms with Crippen molar-refractivity contribution in [2.45, 2.75) is 11.8 Å². The summed E-state index contributed by atoms with van der Waals surface area (Å²) in [6.07, 6.45) is 0. The Balaban J connectivity index is 1.44. The summed E-state index contributed by atoms with van der Waals surface area (Å²) in [6.45, 7) is 1.94. The molecule has 0 spiro atoms. The molecule has 0 saturated carbocycles. The van der Waals surface area contributed by atoms with Crippen LogP contribution in [0.2, 0.25) is 0 Å². The van der Waals surface area contributed by atoms with Crippen LogP contribution in [-0.4, -0.2) is 55.6 Å². The number of sulfonamides is 1. The number of aromatic nitrogens is 4. The van der Waals surface area contributed by atoms with Crippen LogP contribution in [0.25, 0.3) is 17.0 Å². The van der Waals surface area contributed by atoms with Gasteiger partial charge in [-0.25, -0.2) is 13.1 Å². The fourth-order valence-electron chi connectivity index (χ4n) is 3.17. The summed E-state index contributed by atoms with van der Waals surface area (Å²) in [5.74, 6) is 1.87. The van der Waals surface area contributed by atoms with Gasteiger partial charge >= 0.3 is 0 Å². The molecular formula is C22H23N5O5S. The van der Waals surface area contributed by atoms with E-state index in [2.05, 4.69) is 20.0 Å². The lowest BCUT2D eigenvalue weighted by molar-refractivity contribution is 0.305. The summed E-state index contributed by atoms with van der Waals surface area (Å²) in [5.41, 5.74) is 2.18. The predicted molar refractivity (Wildman–Crippen MR) is 121 cm³/mol. The van der Waals surface area contributed by atoms with E-state index in [1.165, 1.54) is 7.11 Å². The Hall–Kier alpha value is -3.70. The number of nitrogens with zero attached hydrogens (tertiary/aromatic N) is 4. The van der Waals surface area contributed by atoms with Crippen molar-refractivity contribution >= 4 is 15.7 Å². The number of hydrogen-bond donors (Lipinski definition) is 1. The number of hydrogen-bond acceptors (Lipinski definition) is 8. The van der Waals surface area contributed by atoms with Gasteiger partial charge in [0.1, 0.15) is 23.0 Å². The SMILES string of the molecule is COc1ccc(-c2nnc3ccc(OCCNS(=O)(=O)c4cc(C)ccc4OC)nn23)cc1. The van der Waals surface area contributed by atoms with Crippen molar-refractivity contribution in [3.63, 3.8) is 0 Å². The summed E-state index contributed by atoms with van der Waals surface area (Å²) < 4.78 is 45.4. The Labute approximate surface area is 191 Å². The summed E-state index contributed by atoms with van der Waals surface area (Å²) >= 11 is 0. The molecule has 11 heteroatoms. The number of nitrogens with one attached hydrogen (secondary N) is 1. The van der Waals surface area contributed by atoms with Crippen molar-refractivity contribution in [3.8, 4) is 28.8 Å². The normalized spacial score (nSPS) is 11.5. The van der Waals surface area contributed by atoms with Gasteiger partial charge in [-0.3, -0.25) is 0 Å². The van der Waals surface area contributed by atoms with Crippen molar-refractivity contribution in [1.29, 1.82) is 0 Å². The molecule has 2 aromatic heterocycles. The van der Waals surface area contributed by atoms with Crippen LogP contribution in [0.3, 0.4) is 0 Å². The van der Waals surface area contributed by atoms with Crippen LogP contribution < -0.4 is 18.9 Å². The Morgan fingerprint density at radius 1 is 0.970 bits per heavy atom. The summed E-state index contributed by atoms with van der Waals surface area (Å²) in [4.78, 5) is 0.0816. The number of fused-ring (bicyclic) bond motifs is 1. The maximum absolute atomic E-state index is 12.7. The first kappa shape index (κ1) is 22.5. The van der Waals surface area contributed by atoms with Crippen LogP contribution in [0.1, 0.15) is 5.56 Å². The van der Waals surface area contributed by atoms with Crippen molar-refractivity contribution < 1.29 is 22.6 Å². The number of methoxy groups -OCH3 is 2. The first-order valence-electron chi connectivity index (χ1n) is 10.1. The van der Waals surface area contributed by atoms with Gasteiger partial charge in [-0.1, -0.05) is 6.07 Å². The monoisotopic (exact) mass is 469 g/mol. The lowest BCUT2D eigenvalue weighted by Crippen LogP contribution is -2.28. The highest BCUT2D eigenvalue weighted by Crippen LogP contribution is 2.24. The third-order valence-corrected chi connectivity index (χ3v) is 6.32. The molecule has 0 radical (unpaired) electrons. The van der Waals surface area contributed by atoms with E-state index in [1.54, 1.807) is 42.0 Å². The van der Waals surface area contributed by atoms with E-state index in [9.17, 15) is 8.42 Å². The van der Waals surface area contributed by atoms with Gasteiger partial charge in [-0.2, -0.15) is 4.52 Å². The summed E-state index contributed by atoms with van der Waals surface area (Å²) in [5, 5.41) is 12.7. The summed E-state index contributed by atoms with van der Waals surface area (Å²) in [7, 11) is -0.733. The minimum absolute atomic E-state index is 0.0483. The Kier molecular flexibility index (Phi) is 6.43. The smallest absolute Gasteiger partial charge is 0.244 e. The zero-order valence-electron chi connectivity index (χ0n) is 18.3. The molecule has 2 heterocycles. The van der Waals surface area contributed by atoms with Gasteiger partial charge in [0, 0.05) is 18.2 Å².